The lowest BCUT2D eigenvalue weighted by Gasteiger charge is -2.39. The zero-order valence-corrected chi connectivity index (χ0v) is 13.3. The van der Waals surface area contributed by atoms with Gasteiger partial charge in [0.05, 0.1) is 0 Å². The van der Waals surface area contributed by atoms with Crippen LogP contribution in [0.2, 0.25) is 0 Å². The van der Waals surface area contributed by atoms with Crippen molar-refractivity contribution in [1.29, 1.82) is 0 Å². The van der Waals surface area contributed by atoms with Crippen LogP contribution in [0.15, 0.2) is 12.1 Å². The van der Waals surface area contributed by atoms with E-state index in [0.717, 1.165) is 19.6 Å². The predicted molar refractivity (Wildman–Crippen MR) is 86.0 cm³/mol. The minimum atomic E-state index is -0.868. The quantitative estimate of drug-likeness (QED) is 0.919. The van der Waals surface area contributed by atoms with Gasteiger partial charge in [0.1, 0.15) is 5.82 Å². The first-order valence-corrected chi connectivity index (χ1v) is 7.97. The number of fused-ring (bicyclic) bond motifs is 1. The third-order valence-electron chi connectivity index (χ3n) is 4.33. The van der Waals surface area contributed by atoms with E-state index in [-0.39, 0.29) is 5.91 Å². The summed E-state index contributed by atoms with van der Waals surface area (Å²) in [5.74, 6) is 1.51. The van der Waals surface area contributed by atoms with Gasteiger partial charge in [-0.3, -0.25) is 9.69 Å². The minimum Gasteiger partial charge on any atom is -0.474 e. The van der Waals surface area contributed by atoms with E-state index >= 15 is 0 Å². The van der Waals surface area contributed by atoms with Gasteiger partial charge < -0.3 is 15.4 Å². The number of hydrogen-bond acceptors (Lipinski definition) is 5. The molecule has 0 bridgehead atoms. The van der Waals surface area contributed by atoms with Crippen LogP contribution in [-0.2, 0) is 4.79 Å². The Hall–Kier alpha value is -1.82. The van der Waals surface area contributed by atoms with Crippen molar-refractivity contribution in [3.05, 3.63) is 12.1 Å². The van der Waals surface area contributed by atoms with Crippen LogP contribution in [0.5, 0.6) is 5.75 Å². The summed E-state index contributed by atoms with van der Waals surface area (Å²) in [5.41, 5.74) is 4.91. The summed E-state index contributed by atoms with van der Waals surface area (Å²) >= 11 is 0. The Morgan fingerprint density at radius 3 is 2.68 bits per heavy atom. The number of piperidine rings is 1. The van der Waals surface area contributed by atoms with Gasteiger partial charge in [0.25, 0.3) is 5.91 Å². The maximum atomic E-state index is 12.7. The van der Waals surface area contributed by atoms with Crippen LogP contribution in [0, 0.1) is 0 Å². The highest BCUT2D eigenvalue weighted by Crippen LogP contribution is 2.36. The van der Waals surface area contributed by atoms with E-state index in [2.05, 4.69) is 9.88 Å². The maximum Gasteiger partial charge on any atom is 0.271 e. The highest BCUT2D eigenvalue weighted by atomic mass is 16.5. The molecule has 2 aliphatic heterocycles. The zero-order chi connectivity index (χ0) is 15.7. The molecule has 2 N–H and O–H groups in total. The van der Waals surface area contributed by atoms with E-state index in [1.54, 1.807) is 30.9 Å². The molecule has 0 unspecified atom stereocenters. The number of carbonyl (C=O) groups excluding carboxylic acids is 1. The fourth-order valence-electron chi connectivity index (χ4n) is 3.09. The smallest absolute Gasteiger partial charge is 0.271 e. The number of aromatic nitrogens is 1. The average Bonchev–Trinajstić information content (AvgIpc) is 2.49. The van der Waals surface area contributed by atoms with Crippen LogP contribution in [0.1, 0.15) is 33.1 Å². The van der Waals surface area contributed by atoms with Crippen molar-refractivity contribution in [2.45, 2.75) is 38.7 Å². The summed E-state index contributed by atoms with van der Waals surface area (Å²) in [6.07, 6.45) is 3.79. The molecule has 22 heavy (non-hydrogen) atoms. The number of hydrogen-bond donors (Lipinski definition) is 1. The third-order valence-corrected chi connectivity index (χ3v) is 4.33. The van der Waals surface area contributed by atoms with Crippen molar-refractivity contribution in [3.63, 3.8) is 0 Å². The molecule has 1 aromatic rings. The lowest BCUT2D eigenvalue weighted by atomic mass is 10.1. The SMILES string of the molecule is CC1(C)Oc2ccc(N)nc2N(CCN2CCCCC2)C1=O. The van der Waals surface area contributed by atoms with Gasteiger partial charge >= 0.3 is 0 Å². The molecule has 0 spiro atoms. The summed E-state index contributed by atoms with van der Waals surface area (Å²) in [7, 11) is 0. The van der Waals surface area contributed by atoms with E-state index in [9.17, 15) is 4.79 Å². The molecular formula is C16H24N4O2. The van der Waals surface area contributed by atoms with Crippen LogP contribution >= 0.6 is 0 Å². The third kappa shape index (κ3) is 2.88. The first-order valence-electron chi connectivity index (χ1n) is 7.97. The molecule has 1 saturated heterocycles. The average molecular weight is 304 g/mol. The molecule has 6 heteroatoms. The second-order valence-electron chi connectivity index (χ2n) is 6.53. The Labute approximate surface area is 131 Å². The van der Waals surface area contributed by atoms with Gasteiger partial charge in [-0.1, -0.05) is 6.42 Å². The molecule has 3 heterocycles. The molecule has 0 aromatic carbocycles. The number of nitrogen functional groups attached to an aromatic ring is 1. The summed E-state index contributed by atoms with van der Waals surface area (Å²) in [6.45, 7) is 7.29. The van der Waals surface area contributed by atoms with E-state index in [1.165, 1.54) is 19.3 Å². The van der Waals surface area contributed by atoms with Gasteiger partial charge in [-0.15, -0.1) is 0 Å². The monoisotopic (exact) mass is 304 g/mol. The van der Waals surface area contributed by atoms with Gasteiger partial charge in [0.2, 0.25) is 0 Å². The fraction of sp³-hybridized carbons (Fsp3) is 0.625. The number of nitrogens with two attached hydrogens (primary N) is 1. The molecule has 1 aromatic heterocycles. The number of rotatable bonds is 3. The first kappa shape index (κ1) is 15.1. The molecule has 2 aliphatic rings. The van der Waals surface area contributed by atoms with Crippen LogP contribution in [0.25, 0.3) is 0 Å². The summed E-state index contributed by atoms with van der Waals surface area (Å²) in [5, 5.41) is 0. The zero-order valence-electron chi connectivity index (χ0n) is 13.3. The molecule has 3 rings (SSSR count). The van der Waals surface area contributed by atoms with E-state index in [1.807, 2.05) is 0 Å². The van der Waals surface area contributed by atoms with Gasteiger partial charge in [0.15, 0.2) is 17.2 Å². The van der Waals surface area contributed by atoms with E-state index < -0.39 is 5.60 Å². The normalized spacial score (nSPS) is 21.4. The second-order valence-corrected chi connectivity index (χ2v) is 6.53. The molecule has 0 saturated carbocycles. The molecule has 0 aliphatic carbocycles. The topological polar surface area (TPSA) is 71.7 Å². The van der Waals surface area contributed by atoms with Crippen molar-refractivity contribution in [2.75, 3.05) is 36.8 Å². The summed E-state index contributed by atoms with van der Waals surface area (Å²) in [4.78, 5) is 21.1. The molecule has 0 radical (unpaired) electrons. The number of likely N-dealkylation sites (tertiary alicyclic amines) is 1. The van der Waals surface area contributed by atoms with Crippen molar-refractivity contribution in [3.8, 4) is 5.75 Å². The fourth-order valence-corrected chi connectivity index (χ4v) is 3.09. The molecule has 0 atom stereocenters. The Bertz CT molecular complexity index is 567. The maximum absolute atomic E-state index is 12.7. The summed E-state index contributed by atoms with van der Waals surface area (Å²) < 4.78 is 5.79. The number of nitrogens with zero attached hydrogens (tertiary/aromatic N) is 3. The second kappa shape index (κ2) is 5.76. The molecule has 120 valence electrons. The van der Waals surface area contributed by atoms with Crippen molar-refractivity contribution in [2.24, 2.45) is 0 Å². The Balaban J connectivity index is 1.81. The first-order chi connectivity index (χ1) is 10.5. The standard InChI is InChI=1S/C16H24N4O2/c1-16(2)15(21)20(11-10-19-8-4-3-5-9-19)14-12(22-16)6-7-13(17)18-14/h6-7H,3-5,8-11H2,1-2H3,(H2,17,18). The van der Waals surface area contributed by atoms with Crippen molar-refractivity contribution < 1.29 is 9.53 Å². The lowest BCUT2D eigenvalue weighted by Crippen LogP contribution is -2.54. The number of carbonyl (C=O) groups is 1. The lowest BCUT2D eigenvalue weighted by molar-refractivity contribution is -0.132. The predicted octanol–water partition coefficient (Wildman–Crippen LogP) is 1.65. The van der Waals surface area contributed by atoms with Gasteiger partial charge in [-0.25, -0.2) is 4.98 Å². The molecule has 6 nitrogen and oxygen atoms in total. The number of amides is 1. The van der Waals surface area contributed by atoms with E-state index in [4.69, 9.17) is 10.5 Å². The highest BCUT2D eigenvalue weighted by Gasteiger charge is 2.41. The molecule has 1 amide bonds. The number of ether oxygens (including phenoxy) is 1. The van der Waals surface area contributed by atoms with Gasteiger partial charge in [-0.2, -0.15) is 0 Å². The summed E-state index contributed by atoms with van der Waals surface area (Å²) in [6, 6.07) is 3.49. The van der Waals surface area contributed by atoms with Crippen LogP contribution in [-0.4, -0.2) is 47.6 Å². The van der Waals surface area contributed by atoms with Gasteiger partial charge in [0, 0.05) is 13.1 Å². The van der Waals surface area contributed by atoms with Crippen LogP contribution < -0.4 is 15.4 Å². The van der Waals surface area contributed by atoms with Crippen molar-refractivity contribution >= 4 is 17.5 Å². The molecular weight excluding hydrogens is 280 g/mol. The Morgan fingerprint density at radius 1 is 1.23 bits per heavy atom. The van der Waals surface area contributed by atoms with Gasteiger partial charge in [-0.05, 0) is 51.9 Å². The minimum absolute atomic E-state index is 0.0601. The van der Waals surface area contributed by atoms with Crippen LogP contribution in [0.3, 0.4) is 0 Å². The number of anilines is 2. The largest absolute Gasteiger partial charge is 0.474 e. The number of pyridine rings is 1. The van der Waals surface area contributed by atoms with Crippen molar-refractivity contribution in [1.82, 2.24) is 9.88 Å². The van der Waals surface area contributed by atoms with Crippen LogP contribution in [0.4, 0.5) is 11.6 Å². The van der Waals surface area contributed by atoms with E-state index in [0.29, 0.717) is 23.9 Å². The Morgan fingerprint density at radius 2 is 1.95 bits per heavy atom. The Kier molecular flexibility index (Phi) is 3.95. The molecule has 1 fully saturated rings. The highest BCUT2D eigenvalue weighted by molar-refractivity contribution is 6.01.